The number of hydrogen-bond acceptors (Lipinski definition) is 1. The van der Waals surface area contributed by atoms with Gasteiger partial charge in [0.05, 0.1) is 11.0 Å². The number of benzene rings is 7. The van der Waals surface area contributed by atoms with E-state index in [9.17, 15) is 0 Å². The van der Waals surface area contributed by atoms with Gasteiger partial charge in [-0.15, -0.1) is 0 Å². The average Bonchev–Trinajstić information content (AvgIpc) is 3.64. The van der Waals surface area contributed by atoms with Gasteiger partial charge in [0.2, 0.25) is 0 Å². The van der Waals surface area contributed by atoms with Crippen molar-refractivity contribution in [1.29, 1.82) is 0 Å². The van der Waals surface area contributed by atoms with Crippen LogP contribution >= 0.6 is 0 Å². The molecule has 2 heterocycles. The lowest BCUT2D eigenvalue weighted by atomic mass is 9.86. The Morgan fingerprint density at radius 1 is 0.523 bits per heavy atom. The maximum Gasteiger partial charge on any atom is 0.160 e. The zero-order valence-electron chi connectivity index (χ0n) is 24.0. The van der Waals surface area contributed by atoms with Crippen molar-refractivity contribution in [3.63, 3.8) is 0 Å². The number of aryl methyl sites for hydroxylation is 1. The Kier molecular flexibility index (Phi) is 4.86. The summed E-state index contributed by atoms with van der Waals surface area (Å²) in [6.45, 7) is 0. The SMILES string of the molecule is C1=Cc2c(c3ccccc3c3cc(-c4ccc(-n5c6ccccc6c6ccc7c8ccccc8oc7c65)cc4)ccc23)CC1. The highest BCUT2D eigenvalue weighted by Gasteiger charge is 2.19. The van der Waals surface area contributed by atoms with E-state index in [4.69, 9.17) is 4.42 Å². The van der Waals surface area contributed by atoms with Gasteiger partial charge in [-0.25, -0.2) is 0 Å². The van der Waals surface area contributed by atoms with E-state index >= 15 is 0 Å². The third-order valence-corrected chi connectivity index (χ3v) is 9.66. The number of rotatable bonds is 2. The Morgan fingerprint density at radius 3 is 2.11 bits per heavy atom. The van der Waals surface area contributed by atoms with Crippen LogP contribution in [-0.2, 0) is 6.42 Å². The number of furan rings is 1. The Labute approximate surface area is 254 Å². The van der Waals surface area contributed by atoms with Crippen molar-refractivity contribution in [3.05, 3.63) is 145 Å². The van der Waals surface area contributed by atoms with Crippen LogP contribution < -0.4 is 0 Å². The molecule has 7 aromatic carbocycles. The Morgan fingerprint density at radius 2 is 1.23 bits per heavy atom. The van der Waals surface area contributed by atoms with Crippen LogP contribution in [0, 0.1) is 0 Å². The topological polar surface area (TPSA) is 18.1 Å². The summed E-state index contributed by atoms with van der Waals surface area (Å²) in [5.41, 5.74) is 10.6. The number of nitrogens with zero attached hydrogens (tertiary/aromatic N) is 1. The third-order valence-electron chi connectivity index (χ3n) is 9.66. The lowest BCUT2D eigenvalue weighted by molar-refractivity contribution is 0.671. The first-order valence-corrected chi connectivity index (χ1v) is 15.4. The van der Waals surface area contributed by atoms with Crippen molar-refractivity contribution >= 4 is 71.4 Å². The van der Waals surface area contributed by atoms with Gasteiger partial charge in [-0.2, -0.15) is 0 Å². The highest BCUT2D eigenvalue weighted by atomic mass is 16.3. The molecule has 1 aliphatic carbocycles. The summed E-state index contributed by atoms with van der Waals surface area (Å²) < 4.78 is 8.91. The van der Waals surface area contributed by atoms with Crippen LogP contribution in [0.1, 0.15) is 17.5 Å². The normalized spacial score (nSPS) is 13.2. The molecule has 0 radical (unpaired) electrons. The van der Waals surface area contributed by atoms with Crippen LogP contribution in [0.25, 0.3) is 88.2 Å². The Balaban J connectivity index is 1.17. The molecule has 2 nitrogen and oxygen atoms in total. The van der Waals surface area contributed by atoms with E-state index in [-0.39, 0.29) is 0 Å². The number of para-hydroxylation sites is 2. The zero-order valence-corrected chi connectivity index (χ0v) is 24.0. The number of fused-ring (bicyclic) bond motifs is 13. The molecule has 0 atom stereocenters. The van der Waals surface area contributed by atoms with E-state index in [0.717, 1.165) is 46.0 Å². The van der Waals surface area contributed by atoms with Crippen molar-refractivity contribution in [2.45, 2.75) is 12.8 Å². The molecule has 0 amide bonds. The molecule has 10 rings (SSSR count). The average molecular weight is 562 g/mol. The fourth-order valence-corrected chi connectivity index (χ4v) is 7.66. The van der Waals surface area contributed by atoms with Gasteiger partial charge < -0.3 is 8.98 Å². The lowest BCUT2D eigenvalue weighted by Gasteiger charge is -2.18. The van der Waals surface area contributed by atoms with Crippen LogP contribution in [0.4, 0.5) is 0 Å². The predicted molar refractivity (Wildman–Crippen MR) is 186 cm³/mol. The van der Waals surface area contributed by atoms with Gasteiger partial charge >= 0.3 is 0 Å². The molecule has 44 heavy (non-hydrogen) atoms. The van der Waals surface area contributed by atoms with Crippen molar-refractivity contribution in [2.75, 3.05) is 0 Å². The third kappa shape index (κ3) is 3.25. The molecule has 0 N–H and O–H groups in total. The zero-order chi connectivity index (χ0) is 28.8. The minimum Gasteiger partial charge on any atom is -0.454 e. The minimum atomic E-state index is 0.919. The first-order chi connectivity index (χ1) is 21.8. The van der Waals surface area contributed by atoms with Crippen molar-refractivity contribution < 1.29 is 4.42 Å². The fourth-order valence-electron chi connectivity index (χ4n) is 7.66. The van der Waals surface area contributed by atoms with Gasteiger partial charge in [-0.3, -0.25) is 0 Å². The summed E-state index contributed by atoms with van der Waals surface area (Å²) >= 11 is 0. The van der Waals surface area contributed by atoms with E-state index in [1.807, 2.05) is 6.07 Å². The van der Waals surface area contributed by atoms with Gasteiger partial charge in [-0.05, 0) is 93.0 Å². The van der Waals surface area contributed by atoms with E-state index in [0.29, 0.717) is 0 Å². The molecule has 1 aliphatic rings. The molecule has 0 saturated carbocycles. The molecular formula is C42H27NO. The molecule has 0 aliphatic heterocycles. The lowest BCUT2D eigenvalue weighted by Crippen LogP contribution is -1.98. The standard InChI is InChI=1S/C42H27NO/c1-2-11-31-29(9-1)30-10-3-4-12-32(30)38-25-27(19-22-33(31)38)26-17-20-28(21-18-26)43-39-15-7-5-13-34(39)36-23-24-37-35-14-6-8-16-40(35)44-42(37)41(36)43/h2-8,10-25H,1,9H2. The van der Waals surface area contributed by atoms with Gasteiger partial charge in [0, 0.05) is 27.2 Å². The summed E-state index contributed by atoms with van der Waals surface area (Å²) in [7, 11) is 0. The van der Waals surface area contributed by atoms with Crippen LogP contribution in [0.15, 0.2) is 138 Å². The molecule has 2 heteroatoms. The summed E-state index contributed by atoms with van der Waals surface area (Å²) in [5, 5.41) is 10.1. The summed E-state index contributed by atoms with van der Waals surface area (Å²) in [6.07, 6.45) is 6.86. The number of allylic oxidation sites excluding steroid dienone is 1. The van der Waals surface area contributed by atoms with Crippen LogP contribution in [-0.4, -0.2) is 4.57 Å². The largest absolute Gasteiger partial charge is 0.454 e. The molecule has 0 unspecified atom stereocenters. The van der Waals surface area contributed by atoms with Crippen molar-refractivity contribution in [1.82, 2.24) is 4.57 Å². The van der Waals surface area contributed by atoms with E-state index in [2.05, 4.69) is 138 Å². The number of hydrogen-bond donors (Lipinski definition) is 0. The molecule has 0 fully saturated rings. The molecule has 0 saturated heterocycles. The second-order valence-electron chi connectivity index (χ2n) is 12.0. The van der Waals surface area contributed by atoms with Gasteiger partial charge in [0.25, 0.3) is 0 Å². The van der Waals surface area contributed by atoms with Gasteiger partial charge in [0.1, 0.15) is 5.58 Å². The summed E-state index contributed by atoms with van der Waals surface area (Å²) in [5.74, 6) is 0. The predicted octanol–water partition coefficient (Wildman–Crippen LogP) is 11.6. The first-order valence-electron chi connectivity index (χ1n) is 15.4. The Bertz CT molecular complexity index is 2650. The van der Waals surface area contributed by atoms with E-state index < -0.39 is 0 Å². The molecule has 2 aromatic heterocycles. The fraction of sp³-hybridized carbons (Fsp3) is 0.0476. The summed E-state index contributed by atoms with van der Waals surface area (Å²) in [4.78, 5) is 0. The van der Waals surface area contributed by atoms with Gasteiger partial charge in [0.15, 0.2) is 5.58 Å². The number of aromatic nitrogens is 1. The molecule has 206 valence electrons. The quantitative estimate of drug-likeness (QED) is 0.192. The monoisotopic (exact) mass is 561 g/mol. The second kappa shape index (κ2) is 8.95. The Hall–Kier alpha value is -5.60. The summed E-state index contributed by atoms with van der Waals surface area (Å²) in [6, 6.07) is 46.4. The smallest absolute Gasteiger partial charge is 0.160 e. The minimum absolute atomic E-state index is 0.919. The van der Waals surface area contributed by atoms with E-state index in [1.165, 1.54) is 60.1 Å². The molecule has 9 aromatic rings. The van der Waals surface area contributed by atoms with E-state index in [1.54, 1.807) is 0 Å². The molecular weight excluding hydrogens is 534 g/mol. The maximum atomic E-state index is 6.54. The molecule has 0 spiro atoms. The van der Waals surface area contributed by atoms with Crippen LogP contribution in [0.3, 0.4) is 0 Å². The van der Waals surface area contributed by atoms with Crippen molar-refractivity contribution in [3.8, 4) is 16.8 Å². The highest BCUT2D eigenvalue weighted by molar-refractivity contribution is 6.21. The molecule has 0 bridgehead atoms. The van der Waals surface area contributed by atoms with Crippen LogP contribution in [0.5, 0.6) is 0 Å². The maximum absolute atomic E-state index is 6.54. The first kappa shape index (κ1) is 23.9. The van der Waals surface area contributed by atoms with Gasteiger partial charge in [-0.1, -0.05) is 103 Å². The van der Waals surface area contributed by atoms with Crippen LogP contribution in [0.2, 0.25) is 0 Å². The van der Waals surface area contributed by atoms with Crippen molar-refractivity contribution in [2.24, 2.45) is 0 Å². The highest BCUT2D eigenvalue weighted by Crippen LogP contribution is 2.41. The second-order valence-corrected chi connectivity index (χ2v) is 12.0.